The zero-order chi connectivity index (χ0) is 13.5. The number of carbonyl (C=O) groups is 2. The maximum atomic E-state index is 12.0. The molecule has 5 heteroatoms. The van der Waals surface area contributed by atoms with Crippen LogP contribution in [0.1, 0.15) is 27.2 Å². The van der Waals surface area contributed by atoms with Crippen LogP contribution in [0.5, 0.6) is 0 Å². The van der Waals surface area contributed by atoms with Crippen LogP contribution in [-0.4, -0.2) is 54.1 Å². The van der Waals surface area contributed by atoms with Gasteiger partial charge in [0, 0.05) is 33.1 Å². The summed E-state index contributed by atoms with van der Waals surface area (Å²) >= 11 is 0. The van der Waals surface area contributed by atoms with E-state index in [4.69, 9.17) is 4.74 Å². The van der Waals surface area contributed by atoms with Gasteiger partial charge in [-0.3, -0.25) is 4.79 Å². The van der Waals surface area contributed by atoms with Crippen LogP contribution >= 0.6 is 0 Å². The van der Waals surface area contributed by atoms with E-state index in [1.807, 2.05) is 27.8 Å². The van der Waals surface area contributed by atoms with Gasteiger partial charge in [-0.05, 0) is 32.6 Å². The molecule has 2 aliphatic rings. The van der Waals surface area contributed by atoms with E-state index in [1.165, 1.54) is 0 Å². The second kappa shape index (κ2) is 4.44. The lowest BCUT2D eigenvalue weighted by atomic mass is 9.88. The normalized spacial score (nSPS) is 28.3. The first-order valence-corrected chi connectivity index (χ1v) is 6.48. The second-order valence-electron chi connectivity index (χ2n) is 6.38. The summed E-state index contributed by atoms with van der Waals surface area (Å²) in [6.45, 7) is 7.71. The Morgan fingerprint density at radius 3 is 2.44 bits per heavy atom. The van der Waals surface area contributed by atoms with E-state index >= 15 is 0 Å². The molecule has 0 saturated carbocycles. The number of likely N-dealkylation sites (tertiary alicyclic amines) is 2. The molecule has 2 heterocycles. The number of hydrogen-bond donors (Lipinski definition) is 0. The van der Waals surface area contributed by atoms with Crippen molar-refractivity contribution in [3.8, 4) is 0 Å². The third-order valence-corrected chi connectivity index (χ3v) is 3.60. The van der Waals surface area contributed by atoms with Gasteiger partial charge in [0.2, 0.25) is 5.91 Å². The predicted molar refractivity (Wildman–Crippen MR) is 67.0 cm³/mol. The molecule has 0 unspecified atom stereocenters. The quantitative estimate of drug-likeness (QED) is 0.655. The van der Waals surface area contributed by atoms with Gasteiger partial charge in [-0.25, -0.2) is 4.79 Å². The molecule has 0 spiro atoms. The average Bonchev–Trinajstić information content (AvgIpc) is 2.59. The highest BCUT2D eigenvalue weighted by Crippen LogP contribution is 2.31. The lowest BCUT2D eigenvalue weighted by Gasteiger charge is -2.30. The minimum absolute atomic E-state index is 0.183. The van der Waals surface area contributed by atoms with Crippen molar-refractivity contribution >= 4 is 12.0 Å². The molecule has 0 N–H and O–H groups in total. The van der Waals surface area contributed by atoms with Crippen LogP contribution in [0.3, 0.4) is 0 Å². The Morgan fingerprint density at radius 1 is 1.22 bits per heavy atom. The van der Waals surface area contributed by atoms with Gasteiger partial charge in [0.05, 0.1) is 0 Å². The Labute approximate surface area is 108 Å². The fraction of sp³-hybridized carbons (Fsp3) is 0.846. The van der Waals surface area contributed by atoms with Gasteiger partial charge in [-0.1, -0.05) is 0 Å². The summed E-state index contributed by atoms with van der Waals surface area (Å²) < 4.78 is 5.37. The molecule has 0 aliphatic carbocycles. The molecule has 102 valence electrons. The van der Waals surface area contributed by atoms with Crippen LogP contribution in [-0.2, 0) is 9.53 Å². The van der Waals surface area contributed by atoms with Crippen molar-refractivity contribution in [1.29, 1.82) is 0 Å². The molecule has 2 rings (SSSR count). The van der Waals surface area contributed by atoms with Crippen LogP contribution < -0.4 is 0 Å². The minimum Gasteiger partial charge on any atom is -0.444 e. The van der Waals surface area contributed by atoms with Gasteiger partial charge < -0.3 is 14.5 Å². The molecule has 2 atom stereocenters. The van der Waals surface area contributed by atoms with Crippen molar-refractivity contribution < 1.29 is 14.3 Å². The number of piperidine rings is 1. The highest BCUT2D eigenvalue weighted by molar-refractivity contribution is 5.77. The van der Waals surface area contributed by atoms with Crippen LogP contribution in [0, 0.1) is 11.8 Å². The van der Waals surface area contributed by atoms with Crippen molar-refractivity contribution in [2.45, 2.75) is 32.8 Å². The van der Waals surface area contributed by atoms with Gasteiger partial charge in [0.1, 0.15) is 5.60 Å². The largest absolute Gasteiger partial charge is 0.444 e. The highest BCUT2D eigenvalue weighted by Gasteiger charge is 2.41. The summed E-state index contributed by atoms with van der Waals surface area (Å²) in [4.78, 5) is 27.1. The maximum absolute atomic E-state index is 12.0. The second-order valence-corrected chi connectivity index (χ2v) is 6.38. The van der Waals surface area contributed by atoms with Crippen LogP contribution in [0.2, 0.25) is 0 Å². The molecular formula is C13H22N2O3. The maximum Gasteiger partial charge on any atom is 0.410 e. The van der Waals surface area contributed by atoms with Gasteiger partial charge in [-0.2, -0.15) is 0 Å². The SMILES string of the molecule is CN1C[C@@H]2CN(C(=O)OC(C)(C)C)C[C@@H]2CC1=O. The van der Waals surface area contributed by atoms with E-state index < -0.39 is 5.60 Å². The van der Waals surface area contributed by atoms with Gasteiger partial charge in [-0.15, -0.1) is 0 Å². The number of hydrogen-bond acceptors (Lipinski definition) is 3. The fourth-order valence-electron chi connectivity index (χ4n) is 2.69. The van der Waals surface area contributed by atoms with Crippen molar-refractivity contribution in [3.05, 3.63) is 0 Å². The molecule has 2 saturated heterocycles. The van der Waals surface area contributed by atoms with E-state index in [2.05, 4.69) is 0 Å². The number of amides is 2. The van der Waals surface area contributed by atoms with Gasteiger partial charge in [0.15, 0.2) is 0 Å². The van der Waals surface area contributed by atoms with E-state index in [-0.39, 0.29) is 12.0 Å². The monoisotopic (exact) mass is 254 g/mol. The lowest BCUT2D eigenvalue weighted by molar-refractivity contribution is -0.134. The number of rotatable bonds is 0. The summed E-state index contributed by atoms with van der Waals surface area (Å²) in [5, 5.41) is 0. The van der Waals surface area contributed by atoms with E-state index in [0.717, 1.165) is 6.54 Å². The summed E-state index contributed by atoms with van der Waals surface area (Å²) in [6, 6.07) is 0. The van der Waals surface area contributed by atoms with Gasteiger partial charge in [0.25, 0.3) is 0 Å². The topological polar surface area (TPSA) is 49.9 Å². The summed E-state index contributed by atoms with van der Waals surface area (Å²) in [6.07, 6.45) is 0.299. The third kappa shape index (κ3) is 2.76. The van der Waals surface area contributed by atoms with Crippen molar-refractivity contribution in [3.63, 3.8) is 0 Å². The Balaban J connectivity index is 1.96. The summed E-state index contributed by atoms with van der Waals surface area (Å²) in [5.41, 5.74) is -0.461. The molecule has 0 aromatic carbocycles. The Bertz CT molecular complexity index is 362. The molecule has 0 bridgehead atoms. The zero-order valence-electron chi connectivity index (χ0n) is 11.6. The molecular weight excluding hydrogens is 232 g/mol. The van der Waals surface area contributed by atoms with E-state index in [1.54, 1.807) is 9.80 Å². The minimum atomic E-state index is -0.461. The molecule has 2 aliphatic heterocycles. The van der Waals surface area contributed by atoms with Crippen LogP contribution in [0.4, 0.5) is 4.79 Å². The first-order valence-electron chi connectivity index (χ1n) is 6.48. The van der Waals surface area contributed by atoms with E-state index in [9.17, 15) is 9.59 Å². The van der Waals surface area contributed by atoms with E-state index in [0.29, 0.717) is 31.3 Å². The zero-order valence-corrected chi connectivity index (χ0v) is 11.6. The Hall–Kier alpha value is -1.26. The first kappa shape index (κ1) is 13.2. The molecule has 18 heavy (non-hydrogen) atoms. The van der Waals surface area contributed by atoms with Crippen molar-refractivity contribution in [2.24, 2.45) is 11.8 Å². The predicted octanol–water partition coefficient (Wildman–Crippen LogP) is 1.33. The number of fused-ring (bicyclic) bond motifs is 1. The van der Waals surface area contributed by atoms with Gasteiger partial charge >= 0.3 is 6.09 Å². The number of carbonyl (C=O) groups excluding carboxylic acids is 2. The molecule has 0 radical (unpaired) electrons. The average molecular weight is 254 g/mol. The van der Waals surface area contributed by atoms with Crippen molar-refractivity contribution in [2.75, 3.05) is 26.7 Å². The fourth-order valence-corrected chi connectivity index (χ4v) is 2.69. The van der Waals surface area contributed by atoms with Crippen LogP contribution in [0.25, 0.3) is 0 Å². The standard InChI is InChI=1S/C13H22N2O3/c1-13(2,3)18-12(17)15-7-9-5-11(16)14(4)6-10(9)8-15/h9-10H,5-8H2,1-4H3/t9-,10+/m0/s1. The lowest BCUT2D eigenvalue weighted by Crippen LogP contribution is -2.41. The third-order valence-electron chi connectivity index (χ3n) is 3.60. The summed E-state index contributed by atoms with van der Waals surface area (Å²) in [5.74, 6) is 0.892. The van der Waals surface area contributed by atoms with Crippen LogP contribution in [0.15, 0.2) is 0 Å². The molecule has 0 aromatic rings. The van der Waals surface area contributed by atoms with Crippen molar-refractivity contribution in [1.82, 2.24) is 9.80 Å². The first-order chi connectivity index (χ1) is 8.26. The number of nitrogens with zero attached hydrogens (tertiary/aromatic N) is 2. The molecule has 5 nitrogen and oxygen atoms in total. The smallest absolute Gasteiger partial charge is 0.410 e. The molecule has 2 fully saturated rings. The molecule has 2 amide bonds. The number of ether oxygens (including phenoxy) is 1. The summed E-state index contributed by atoms with van der Waals surface area (Å²) in [7, 11) is 1.83. The Kier molecular flexibility index (Phi) is 3.25. The molecule has 0 aromatic heterocycles. The Morgan fingerprint density at radius 2 is 1.83 bits per heavy atom. The highest BCUT2D eigenvalue weighted by atomic mass is 16.6.